The van der Waals surface area contributed by atoms with E-state index >= 15 is 0 Å². The number of hydrogen-bond donors (Lipinski definition) is 4. The first-order valence-electron chi connectivity index (χ1n) is 25.5. The van der Waals surface area contributed by atoms with Gasteiger partial charge >= 0.3 is 12.2 Å². The molecule has 2 aliphatic heterocycles. The van der Waals surface area contributed by atoms with Gasteiger partial charge in [-0.05, 0) is 143 Å². The van der Waals surface area contributed by atoms with E-state index in [9.17, 15) is 19.2 Å². The zero-order valence-corrected chi connectivity index (χ0v) is 41.3. The maximum absolute atomic E-state index is 14.0. The van der Waals surface area contributed by atoms with Crippen LogP contribution in [0, 0.1) is 22.7 Å². The van der Waals surface area contributed by atoms with E-state index in [0.717, 1.165) is 72.7 Å². The molecule has 4 atom stereocenters. The van der Waals surface area contributed by atoms with Crippen LogP contribution >= 0.6 is 0 Å². The van der Waals surface area contributed by atoms with Crippen molar-refractivity contribution in [2.75, 3.05) is 27.3 Å². The Hall–Kier alpha value is -6.44. The lowest BCUT2D eigenvalue weighted by Crippen LogP contribution is -2.51. The zero-order chi connectivity index (χ0) is 48.6. The van der Waals surface area contributed by atoms with E-state index in [-0.39, 0.29) is 46.6 Å². The van der Waals surface area contributed by atoms with Gasteiger partial charge in [-0.2, -0.15) is 0 Å². The third-order valence-electron chi connectivity index (χ3n) is 16.9. The fraction of sp³-hybridized carbons (Fsp3) is 0.500. The topological polar surface area (TPSA) is 175 Å². The minimum atomic E-state index is -0.682. The second-order valence-electron chi connectivity index (χ2n) is 22.1. The molecule has 4 N–H and O–H groups in total. The van der Waals surface area contributed by atoms with Crippen LogP contribution in [0.3, 0.4) is 0 Å². The van der Waals surface area contributed by atoms with Crippen molar-refractivity contribution in [1.29, 1.82) is 0 Å². The molecule has 5 aliphatic carbocycles. The third kappa shape index (κ3) is 8.34. The highest BCUT2D eigenvalue weighted by Gasteiger charge is 2.56. The van der Waals surface area contributed by atoms with E-state index in [2.05, 4.69) is 81.3 Å². The van der Waals surface area contributed by atoms with Crippen LogP contribution in [0.2, 0.25) is 0 Å². The predicted octanol–water partition coefficient (Wildman–Crippen LogP) is 10.4. The van der Waals surface area contributed by atoms with E-state index in [1.807, 2.05) is 49.9 Å². The number of fused-ring (bicyclic) bond motifs is 2. The quantitative estimate of drug-likeness (QED) is 0.0956. The Morgan fingerprint density at radius 2 is 0.929 bits per heavy atom. The molecule has 70 heavy (non-hydrogen) atoms. The first-order chi connectivity index (χ1) is 33.8. The molecule has 2 bridgehead atoms. The standard InChI is InChI=1S/C56H66N8O6/c1-31(2)47(61-53(67)69-5)51(65)63-29-55(21-22-55)25-43(63)49-57-27-41(59-49)35-11-7-33(8-12-35)39-19-20-40(46-38-17-15-37(16-18-38)45(39)46)34-9-13-36(14-10-34)42-28-58-50(60-42)44-26-56(23-24-56)30-64(44)52(66)48(32(3)4)62-54(68)70-6/h7-14,19-20,27-28,31-32,37-38,43-44,47-48H,15-18,21-26,29-30H2,1-6H3,(H,57,59)(H,58,60)(H,61,67)(H,62,68)/t37?,38?,43-,44-,47-,48-/m0/s1. The average Bonchev–Trinajstić information content (AvgIpc) is 3.95. The molecule has 366 valence electrons. The summed E-state index contributed by atoms with van der Waals surface area (Å²) in [7, 11) is 2.64. The number of aromatic nitrogens is 4. The third-order valence-corrected chi connectivity index (χ3v) is 16.9. The Balaban J connectivity index is 0.822. The summed E-state index contributed by atoms with van der Waals surface area (Å²) >= 11 is 0. The monoisotopic (exact) mass is 947 g/mol. The summed E-state index contributed by atoms with van der Waals surface area (Å²) < 4.78 is 9.72. The average molecular weight is 947 g/mol. The second kappa shape index (κ2) is 17.8. The van der Waals surface area contributed by atoms with Crippen LogP contribution in [0.1, 0.15) is 139 Å². The number of rotatable bonds is 12. The van der Waals surface area contributed by atoms with Crippen LogP contribution in [-0.2, 0) is 19.1 Å². The number of nitrogens with zero attached hydrogens (tertiary/aromatic N) is 4. The largest absolute Gasteiger partial charge is 0.453 e. The van der Waals surface area contributed by atoms with Crippen molar-refractivity contribution in [3.8, 4) is 44.8 Å². The summed E-state index contributed by atoms with van der Waals surface area (Å²) in [6.07, 6.45) is 13.5. The van der Waals surface area contributed by atoms with E-state index in [1.54, 1.807) is 0 Å². The van der Waals surface area contributed by atoms with Gasteiger partial charge in [0.2, 0.25) is 11.8 Å². The van der Waals surface area contributed by atoms with Gasteiger partial charge in [-0.25, -0.2) is 19.6 Å². The van der Waals surface area contributed by atoms with Gasteiger partial charge in [-0.1, -0.05) is 88.4 Å². The van der Waals surface area contributed by atoms with Gasteiger partial charge in [0.05, 0.1) is 50.1 Å². The lowest BCUT2D eigenvalue weighted by atomic mass is 9.63. The summed E-state index contributed by atoms with van der Waals surface area (Å²) in [4.78, 5) is 73.3. The molecule has 14 nitrogen and oxygen atoms in total. The van der Waals surface area contributed by atoms with Crippen molar-refractivity contribution in [2.24, 2.45) is 22.7 Å². The molecule has 4 heterocycles. The second-order valence-corrected chi connectivity index (χ2v) is 22.1. The van der Waals surface area contributed by atoms with E-state index in [1.165, 1.54) is 73.3 Å². The predicted molar refractivity (Wildman–Crippen MR) is 266 cm³/mol. The minimum Gasteiger partial charge on any atom is -0.453 e. The molecule has 3 aromatic carbocycles. The van der Waals surface area contributed by atoms with Gasteiger partial charge in [0, 0.05) is 13.1 Å². The van der Waals surface area contributed by atoms with Crippen molar-refractivity contribution in [2.45, 2.75) is 128 Å². The highest BCUT2D eigenvalue weighted by atomic mass is 16.5. The lowest BCUT2D eigenvalue weighted by Gasteiger charge is -2.41. The number of nitrogens with one attached hydrogen (secondary N) is 4. The molecule has 2 aromatic heterocycles. The molecular weight excluding hydrogens is 881 g/mol. The molecule has 5 fully saturated rings. The number of alkyl carbamates (subject to hydrolysis) is 2. The number of carbonyl (C=O) groups excluding carboxylic acids is 4. The Kier molecular flexibility index (Phi) is 11.7. The number of benzene rings is 3. The molecule has 2 saturated heterocycles. The highest BCUT2D eigenvalue weighted by Crippen LogP contribution is 2.60. The number of hydrogen-bond acceptors (Lipinski definition) is 8. The maximum Gasteiger partial charge on any atom is 0.407 e. The van der Waals surface area contributed by atoms with Crippen molar-refractivity contribution >= 4 is 24.0 Å². The first-order valence-corrected chi connectivity index (χ1v) is 25.5. The van der Waals surface area contributed by atoms with Gasteiger partial charge < -0.3 is 39.9 Å². The van der Waals surface area contributed by atoms with Crippen molar-refractivity contribution in [3.63, 3.8) is 0 Å². The van der Waals surface area contributed by atoms with Crippen LogP contribution in [-0.4, -0.2) is 93.1 Å². The lowest BCUT2D eigenvalue weighted by molar-refractivity contribution is -0.136. The first kappa shape index (κ1) is 46.0. The summed E-state index contributed by atoms with van der Waals surface area (Å²) in [5, 5.41) is 5.56. The van der Waals surface area contributed by atoms with Gasteiger partial charge in [-0.15, -0.1) is 0 Å². The number of methoxy groups -OCH3 is 2. The van der Waals surface area contributed by atoms with Crippen LogP contribution in [0.4, 0.5) is 9.59 Å². The fourth-order valence-corrected chi connectivity index (χ4v) is 12.6. The number of likely N-dealkylation sites (tertiary alicyclic amines) is 2. The van der Waals surface area contributed by atoms with E-state index < -0.39 is 24.3 Å². The molecule has 12 rings (SSSR count). The number of carbonyl (C=O) groups is 4. The highest BCUT2D eigenvalue weighted by molar-refractivity contribution is 5.88. The van der Waals surface area contributed by atoms with Crippen molar-refractivity contribution in [3.05, 3.63) is 95.8 Å². The van der Waals surface area contributed by atoms with Crippen LogP contribution in [0.25, 0.3) is 44.8 Å². The zero-order valence-electron chi connectivity index (χ0n) is 41.3. The molecule has 0 unspecified atom stereocenters. The molecule has 5 aromatic rings. The van der Waals surface area contributed by atoms with Gasteiger partial charge in [-0.3, -0.25) is 9.59 Å². The van der Waals surface area contributed by atoms with Crippen LogP contribution in [0.15, 0.2) is 73.1 Å². The molecule has 7 aliphatic rings. The van der Waals surface area contributed by atoms with Crippen molar-refractivity contribution in [1.82, 2.24) is 40.4 Å². The summed E-state index contributed by atoms with van der Waals surface area (Å²) in [6, 6.07) is 20.6. The van der Waals surface area contributed by atoms with Gasteiger partial charge in [0.25, 0.3) is 0 Å². The molecule has 2 spiro atoms. The minimum absolute atomic E-state index is 0.0946. The fourth-order valence-electron chi connectivity index (χ4n) is 12.6. The summed E-state index contributed by atoms with van der Waals surface area (Å²) in [5.41, 5.74) is 12.2. The van der Waals surface area contributed by atoms with Gasteiger partial charge in [0.15, 0.2) is 0 Å². The van der Waals surface area contributed by atoms with E-state index in [4.69, 9.17) is 19.4 Å². The SMILES string of the molecule is COC(=O)N[C@H](C(=O)N1CC2(CC2)C[C@H]1c1ncc(-c2ccc(-c3ccc(-c4ccc(-c5cnc([C@@H]6CC7(CC7)CN6C(=O)[C@@H](NC(=O)OC)C(C)C)[nH]5)cc4)c4c3C3CCC4CC3)cc2)[nH]1)C(C)C. The molecule has 4 amide bonds. The number of imidazole rings is 2. The Morgan fingerprint density at radius 1 is 0.571 bits per heavy atom. The number of amides is 4. The Morgan fingerprint density at radius 3 is 1.26 bits per heavy atom. The molecule has 0 radical (unpaired) electrons. The van der Waals surface area contributed by atoms with Crippen LogP contribution in [0.5, 0.6) is 0 Å². The maximum atomic E-state index is 14.0. The Labute approximate surface area is 410 Å². The number of aromatic amines is 2. The molecular formula is C56H66N8O6. The van der Waals surface area contributed by atoms with Crippen LogP contribution < -0.4 is 10.6 Å². The Bertz CT molecular complexity index is 2620. The summed E-state index contributed by atoms with van der Waals surface area (Å²) in [5.74, 6) is 2.23. The number of ether oxygens (including phenoxy) is 2. The smallest absolute Gasteiger partial charge is 0.407 e. The van der Waals surface area contributed by atoms with E-state index in [0.29, 0.717) is 24.9 Å². The van der Waals surface area contributed by atoms with Crippen molar-refractivity contribution < 1.29 is 28.7 Å². The number of H-pyrrole nitrogens is 2. The summed E-state index contributed by atoms with van der Waals surface area (Å²) in [6.45, 7) is 9.10. The normalized spacial score (nSPS) is 23.1. The molecule has 3 saturated carbocycles. The van der Waals surface area contributed by atoms with Gasteiger partial charge in [0.1, 0.15) is 23.7 Å². The molecule has 14 heteroatoms.